The number of hydrogen-bond acceptors (Lipinski definition) is 4. The van der Waals surface area contributed by atoms with E-state index < -0.39 is 0 Å². The highest BCUT2D eigenvalue weighted by atomic mass is 79.9. The van der Waals surface area contributed by atoms with Crippen LogP contribution >= 0.6 is 15.9 Å². The summed E-state index contributed by atoms with van der Waals surface area (Å²) in [6.07, 6.45) is 0. The number of rotatable bonds is 7. The Hall–Kier alpha value is -2.19. The number of benzene rings is 1. The van der Waals surface area contributed by atoms with E-state index in [1.807, 2.05) is 52.2 Å². The highest BCUT2D eigenvalue weighted by Crippen LogP contribution is 2.25. The van der Waals surface area contributed by atoms with Crippen molar-refractivity contribution in [2.24, 2.45) is 0 Å². The van der Waals surface area contributed by atoms with Gasteiger partial charge in [-0.1, -0.05) is 26.0 Å². The average Bonchev–Trinajstić information content (AvgIpc) is 2.94. The smallest absolute Gasteiger partial charge is 0.273 e. The topological polar surface area (TPSA) is 90.1 Å². The highest BCUT2D eigenvalue weighted by molar-refractivity contribution is 9.10. The third kappa shape index (κ3) is 5.40. The summed E-state index contributed by atoms with van der Waals surface area (Å²) in [6, 6.07) is 7.39. The molecule has 8 heteroatoms. The van der Waals surface area contributed by atoms with Crippen LogP contribution in [0.1, 0.15) is 41.5 Å². The molecule has 140 valence electrons. The summed E-state index contributed by atoms with van der Waals surface area (Å²) in [6.45, 7) is 4.70. The number of hydrogen-bond donors (Lipinski definition) is 3. The first-order valence-corrected chi connectivity index (χ1v) is 9.12. The molecule has 0 atom stereocenters. The summed E-state index contributed by atoms with van der Waals surface area (Å²) in [4.78, 5) is 26.0. The Balaban J connectivity index is 1.98. The number of aromatic nitrogens is 2. The number of aromatic amines is 1. The molecule has 2 amide bonds. The molecular formula is C18H24BrN5O2. The molecule has 0 aliphatic rings. The van der Waals surface area contributed by atoms with Gasteiger partial charge in [0.1, 0.15) is 0 Å². The third-order valence-corrected chi connectivity index (χ3v) is 4.45. The van der Waals surface area contributed by atoms with Crippen LogP contribution in [0.15, 0.2) is 28.7 Å². The lowest BCUT2D eigenvalue weighted by Gasteiger charge is -2.11. The first-order valence-electron chi connectivity index (χ1n) is 8.33. The van der Waals surface area contributed by atoms with Crippen molar-refractivity contribution in [3.8, 4) is 0 Å². The van der Waals surface area contributed by atoms with E-state index in [0.717, 1.165) is 11.3 Å². The number of amides is 2. The molecule has 1 aromatic carbocycles. The predicted molar refractivity (Wildman–Crippen MR) is 105 cm³/mol. The van der Waals surface area contributed by atoms with Gasteiger partial charge in [0.2, 0.25) is 5.91 Å². The maximum Gasteiger partial charge on any atom is 0.273 e. The number of nitrogens with zero attached hydrogens (tertiary/aromatic N) is 2. The highest BCUT2D eigenvalue weighted by Gasteiger charge is 2.19. The van der Waals surface area contributed by atoms with Gasteiger partial charge in [0, 0.05) is 12.2 Å². The minimum Gasteiger partial charge on any atom is -0.347 e. The van der Waals surface area contributed by atoms with Crippen LogP contribution in [0.5, 0.6) is 0 Å². The summed E-state index contributed by atoms with van der Waals surface area (Å²) in [5.74, 6) is -0.110. The third-order valence-electron chi connectivity index (χ3n) is 3.65. The van der Waals surface area contributed by atoms with Crippen LogP contribution < -0.4 is 10.6 Å². The van der Waals surface area contributed by atoms with Crippen molar-refractivity contribution in [1.29, 1.82) is 0 Å². The molecule has 1 heterocycles. The fraction of sp³-hybridized carbons (Fsp3) is 0.389. The lowest BCUT2D eigenvalue weighted by atomic mass is 10.1. The summed E-state index contributed by atoms with van der Waals surface area (Å²) >= 11 is 3.43. The molecule has 7 nitrogen and oxygen atoms in total. The molecule has 0 saturated heterocycles. The van der Waals surface area contributed by atoms with Crippen LogP contribution in [0.3, 0.4) is 0 Å². The van der Waals surface area contributed by atoms with Gasteiger partial charge in [-0.25, -0.2) is 0 Å². The SMILES string of the molecule is CC(C)c1[nH]nc(C(=O)NCc2cccc(NC(=O)CN(C)C)c2)c1Br. The van der Waals surface area contributed by atoms with Gasteiger partial charge in [0.25, 0.3) is 5.91 Å². The van der Waals surface area contributed by atoms with Gasteiger partial charge in [0.05, 0.1) is 16.7 Å². The van der Waals surface area contributed by atoms with Crippen molar-refractivity contribution in [3.63, 3.8) is 0 Å². The van der Waals surface area contributed by atoms with E-state index >= 15 is 0 Å². The number of carbonyl (C=O) groups is 2. The second kappa shape index (κ2) is 8.95. The van der Waals surface area contributed by atoms with Crippen molar-refractivity contribution in [3.05, 3.63) is 45.7 Å². The van der Waals surface area contributed by atoms with Gasteiger partial charge >= 0.3 is 0 Å². The van der Waals surface area contributed by atoms with Gasteiger partial charge in [-0.2, -0.15) is 5.10 Å². The first-order chi connectivity index (χ1) is 12.3. The molecule has 3 N–H and O–H groups in total. The van der Waals surface area contributed by atoms with Crippen LogP contribution in [0.25, 0.3) is 0 Å². The minimum atomic E-state index is -0.262. The molecule has 0 spiro atoms. The standard InChI is InChI=1S/C18H24BrN5O2/c1-11(2)16-15(19)17(23-22-16)18(26)20-9-12-6-5-7-13(8-12)21-14(25)10-24(3)4/h5-8,11H,9-10H2,1-4H3,(H,20,26)(H,21,25)(H,22,23). The number of carbonyl (C=O) groups excluding carboxylic acids is 2. The molecule has 0 fully saturated rings. The maximum atomic E-state index is 12.4. The quantitative estimate of drug-likeness (QED) is 0.640. The maximum absolute atomic E-state index is 12.4. The summed E-state index contributed by atoms with van der Waals surface area (Å²) in [5, 5.41) is 12.7. The van der Waals surface area contributed by atoms with E-state index in [1.165, 1.54) is 0 Å². The van der Waals surface area contributed by atoms with Crippen LogP contribution in [-0.4, -0.2) is 47.6 Å². The summed E-state index contributed by atoms with van der Waals surface area (Å²) in [7, 11) is 3.67. The van der Waals surface area contributed by atoms with Crippen LogP contribution in [0.2, 0.25) is 0 Å². The number of anilines is 1. The fourth-order valence-corrected chi connectivity index (χ4v) is 3.20. The van der Waals surface area contributed by atoms with E-state index in [2.05, 4.69) is 36.8 Å². The van der Waals surface area contributed by atoms with Crippen molar-refractivity contribution < 1.29 is 9.59 Å². The molecule has 26 heavy (non-hydrogen) atoms. The molecule has 0 saturated carbocycles. The number of likely N-dealkylation sites (N-methyl/N-ethyl adjacent to an activating group) is 1. The zero-order valence-corrected chi connectivity index (χ0v) is 17.0. The molecule has 0 aliphatic heterocycles. The number of halogens is 1. The fourth-order valence-electron chi connectivity index (χ4n) is 2.39. The van der Waals surface area contributed by atoms with E-state index in [4.69, 9.17) is 0 Å². The lowest BCUT2D eigenvalue weighted by molar-refractivity contribution is -0.116. The predicted octanol–water partition coefficient (Wildman–Crippen LogP) is 2.73. The van der Waals surface area contributed by atoms with Crippen molar-refractivity contribution in [2.45, 2.75) is 26.3 Å². The molecule has 2 rings (SSSR count). The molecular weight excluding hydrogens is 398 g/mol. The summed E-state index contributed by atoms with van der Waals surface area (Å²) in [5.41, 5.74) is 2.81. The Labute approximate surface area is 161 Å². The summed E-state index contributed by atoms with van der Waals surface area (Å²) < 4.78 is 0.690. The lowest BCUT2D eigenvalue weighted by Crippen LogP contribution is -2.27. The van der Waals surface area contributed by atoms with Crippen molar-refractivity contribution in [2.75, 3.05) is 26.0 Å². The van der Waals surface area contributed by atoms with Gasteiger partial charge in [-0.3, -0.25) is 14.7 Å². The second-order valence-corrected chi connectivity index (χ2v) is 7.42. The van der Waals surface area contributed by atoms with Gasteiger partial charge in [-0.15, -0.1) is 0 Å². The van der Waals surface area contributed by atoms with Crippen molar-refractivity contribution >= 4 is 33.4 Å². The number of H-pyrrole nitrogens is 1. The van der Waals surface area contributed by atoms with Gasteiger partial charge in [-0.05, 0) is 53.6 Å². The van der Waals surface area contributed by atoms with Crippen LogP contribution in [0.4, 0.5) is 5.69 Å². The van der Waals surface area contributed by atoms with Crippen LogP contribution in [-0.2, 0) is 11.3 Å². The molecule has 0 radical (unpaired) electrons. The van der Waals surface area contributed by atoms with E-state index in [9.17, 15) is 9.59 Å². The molecule has 0 bridgehead atoms. The minimum absolute atomic E-state index is 0.0853. The Bertz CT molecular complexity index is 786. The van der Waals surface area contributed by atoms with E-state index in [0.29, 0.717) is 28.9 Å². The Morgan fingerprint density at radius 1 is 1.31 bits per heavy atom. The molecule has 1 aromatic heterocycles. The molecule has 2 aromatic rings. The molecule has 0 unspecified atom stereocenters. The normalized spacial score (nSPS) is 11.0. The zero-order chi connectivity index (χ0) is 19.3. The number of nitrogens with one attached hydrogen (secondary N) is 3. The Kier molecular flexibility index (Phi) is 6.93. The Morgan fingerprint density at radius 3 is 2.65 bits per heavy atom. The van der Waals surface area contributed by atoms with Gasteiger partial charge in [0.15, 0.2) is 5.69 Å². The second-order valence-electron chi connectivity index (χ2n) is 6.62. The zero-order valence-electron chi connectivity index (χ0n) is 15.4. The monoisotopic (exact) mass is 421 g/mol. The van der Waals surface area contributed by atoms with Crippen LogP contribution in [0, 0.1) is 0 Å². The average molecular weight is 422 g/mol. The Morgan fingerprint density at radius 2 is 2.04 bits per heavy atom. The van der Waals surface area contributed by atoms with Crippen molar-refractivity contribution in [1.82, 2.24) is 20.4 Å². The molecule has 0 aliphatic carbocycles. The van der Waals surface area contributed by atoms with E-state index in [-0.39, 0.29) is 17.7 Å². The van der Waals surface area contributed by atoms with E-state index in [1.54, 1.807) is 4.90 Å². The largest absolute Gasteiger partial charge is 0.347 e. The first kappa shape index (κ1) is 20.1. The van der Waals surface area contributed by atoms with Gasteiger partial charge < -0.3 is 15.5 Å².